The van der Waals surface area contributed by atoms with Gasteiger partial charge in [-0.25, -0.2) is 0 Å². The largest absolute Gasteiger partial charge is 0.466 e. The van der Waals surface area contributed by atoms with Gasteiger partial charge in [0, 0.05) is 19.2 Å². The molecular formula is C10H19NO3. The van der Waals surface area contributed by atoms with Crippen molar-refractivity contribution in [1.29, 1.82) is 0 Å². The van der Waals surface area contributed by atoms with Gasteiger partial charge in [-0.1, -0.05) is 0 Å². The first-order valence-corrected chi connectivity index (χ1v) is 5.17. The second-order valence-electron chi connectivity index (χ2n) is 3.55. The lowest BCUT2D eigenvalue weighted by atomic mass is 10.2. The predicted molar refractivity (Wildman–Crippen MR) is 53.1 cm³/mol. The number of esters is 1. The number of ether oxygens (including phenoxy) is 2. The normalized spacial score (nSPS) is 21.5. The molecule has 1 heterocycles. The Morgan fingerprint density at radius 3 is 3.00 bits per heavy atom. The quantitative estimate of drug-likeness (QED) is 0.612. The molecule has 1 aliphatic rings. The van der Waals surface area contributed by atoms with E-state index in [4.69, 9.17) is 9.47 Å². The third-order valence-corrected chi connectivity index (χ3v) is 2.50. The fourth-order valence-corrected chi connectivity index (χ4v) is 1.55. The number of carbonyl (C=O) groups is 1. The molecule has 1 saturated heterocycles. The monoisotopic (exact) mass is 201 g/mol. The van der Waals surface area contributed by atoms with Gasteiger partial charge in [-0.3, -0.25) is 4.79 Å². The Morgan fingerprint density at radius 2 is 2.43 bits per heavy atom. The standard InChI is InChI=1S/C10H19NO3/c1-3-14-10(12)4-6-11(2)9-5-7-13-8-9/h9H,3-8H2,1-2H3. The fraction of sp³-hybridized carbons (Fsp3) is 0.900. The summed E-state index contributed by atoms with van der Waals surface area (Å²) in [7, 11) is 2.03. The first-order chi connectivity index (χ1) is 6.74. The van der Waals surface area contributed by atoms with E-state index in [2.05, 4.69) is 4.90 Å². The highest BCUT2D eigenvalue weighted by Crippen LogP contribution is 2.10. The van der Waals surface area contributed by atoms with Crippen molar-refractivity contribution in [3.05, 3.63) is 0 Å². The number of hydrogen-bond acceptors (Lipinski definition) is 4. The summed E-state index contributed by atoms with van der Waals surface area (Å²) in [6, 6.07) is 0.476. The Bertz CT molecular complexity index is 178. The SMILES string of the molecule is CCOC(=O)CCN(C)C1CCOC1. The van der Waals surface area contributed by atoms with Gasteiger partial charge in [0.1, 0.15) is 0 Å². The van der Waals surface area contributed by atoms with Crippen LogP contribution in [0.2, 0.25) is 0 Å². The molecule has 1 atom stereocenters. The Morgan fingerprint density at radius 1 is 1.64 bits per heavy atom. The van der Waals surface area contributed by atoms with Crippen molar-refractivity contribution in [2.24, 2.45) is 0 Å². The van der Waals surface area contributed by atoms with E-state index in [1.165, 1.54) is 0 Å². The lowest BCUT2D eigenvalue weighted by molar-refractivity contribution is -0.143. The molecule has 4 heteroatoms. The lowest BCUT2D eigenvalue weighted by Crippen LogP contribution is -2.33. The summed E-state index contributed by atoms with van der Waals surface area (Å²) in [5.74, 6) is -0.113. The molecule has 1 unspecified atom stereocenters. The molecule has 14 heavy (non-hydrogen) atoms. The van der Waals surface area contributed by atoms with Crippen LogP contribution in [0.5, 0.6) is 0 Å². The van der Waals surface area contributed by atoms with Gasteiger partial charge < -0.3 is 14.4 Å². The van der Waals surface area contributed by atoms with Crippen molar-refractivity contribution in [2.75, 3.05) is 33.4 Å². The maximum atomic E-state index is 11.1. The van der Waals surface area contributed by atoms with Crippen LogP contribution in [0, 0.1) is 0 Å². The number of rotatable bonds is 5. The number of likely N-dealkylation sites (N-methyl/N-ethyl adjacent to an activating group) is 1. The van der Waals surface area contributed by atoms with Crippen molar-refractivity contribution in [3.63, 3.8) is 0 Å². The summed E-state index contributed by atoms with van der Waals surface area (Å²) in [6.07, 6.45) is 1.54. The summed E-state index contributed by atoms with van der Waals surface area (Å²) in [5.41, 5.74) is 0. The van der Waals surface area contributed by atoms with Gasteiger partial charge in [-0.15, -0.1) is 0 Å². The predicted octanol–water partition coefficient (Wildman–Crippen LogP) is 0.660. The summed E-state index contributed by atoms with van der Waals surface area (Å²) < 4.78 is 10.1. The summed E-state index contributed by atoms with van der Waals surface area (Å²) >= 11 is 0. The van der Waals surface area contributed by atoms with Crippen molar-refractivity contribution in [3.8, 4) is 0 Å². The van der Waals surface area contributed by atoms with Crippen LogP contribution in [0.3, 0.4) is 0 Å². The highest BCUT2D eigenvalue weighted by molar-refractivity contribution is 5.69. The van der Waals surface area contributed by atoms with Gasteiger partial charge >= 0.3 is 5.97 Å². The van der Waals surface area contributed by atoms with E-state index in [-0.39, 0.29) is 5.97 Å². The maximum Gasteiger partial charge on any atom is 0.307 e. The molecule has 1 aliphatic heterocycles. The van der Waals surface area contributed by atoms with Crippen LogP contribution in [0.4, 0.5) is 0 Å². The second kappa shape index (κ2) is 5.98. The Balaban J connectivity index is 2.13. The van der Waals surface area contributed by atoms with Crippen LogP contribution in [0.15, 0.2) is 0 Å². The summed E-state index contributed by atoms with van der Waals surface area (Å²) in [6.45, 7) is 4.68. The van der Waals surface area contributed by atoms with Crippen LogP contribution >= 0.6 is 0 Å². The Hall–Kier alpha value is -0.610. The van der Waals surface area contributed by atoms with E-state index in [0.717, 1.165) is 26.2 Å². The zero-order valence-electron chi connectivity index (χ0n) is 8.99. The maximum absolute atomic E-state index is 11.1. The smallest absolute Gasteiger partial charge is 0.307 e. The van der Waals surface area contributed by atoms with Crippen LogP contribution in [-0.4, -0.2) is 50.3 Å². The van der Waals surface area contributed by atoms with Gasteiger partial charge in [0.2, 0.25) is 0 Å². The minimum atomic E-state index is -0.113. The third kappa shape index (κ3) is 3.64. The first-order valence-electron chi connectivity index (χ1n) is 5.17. The molecule has 0 N–H and O–H groups in total. The molecular weight excluding hydrogens is 182 g/mol. The molecule has 0 aliphatic carbocycles. The minimum Gasteiger partial charge on any atom is -0.466 e. The number of hydrogen-bond donors (Lipinski definition) is 0. The van der Waals surface area contributed by atoms with Crippen LogP contribution < -0.4 is 0 Å². The minimum absolute atomic E-state index is 0.113. The van der Waals surface area contributed by atoms with Crippen LogP contribution in [0.1, 0.15) is 19.8 Å². The van der Waals surface area contributed by atoms with Crippen molar-refractivity contribution in [2.45, 2.75) is 25.8 Å². The van der Waals surface area contributed by atoms with Crippen LogP contribution in [0.25, 0.3) is 0 Å². The van der Waals surface area contributed by atoms with E-state index < -0.39 is 0 Å². The van der Waals surface area contributed by atoms with Crippen molar-refractivity contribution >= 4 is 5.97 Å². The van der Waals surface area contributed by atoms with Gasteiger partial charge in [-0.05, 0) is 20.4 Å². The number of carbonyl (C=O) groups excluding carboxylic acids is 1. The molecule has 0 bridgehead atoms. The van der Waals surface area contributed by atoms with E-state index in [0.29, 0.717) is 19.1 Å². The van der Waals surface area contributed by atoms with Gasteiger partial charge in [0.05, 0.1) is 19.6 Å². The molecule has 0 saturated carbocycles. The van der Waals surface area contributed by atoms with Crippen LogP contribution in [-0.2, 0) is 14.3 Å². The second-order valence-corrected chi connectivity index (χ2v) is 3.55. The topological polar surface area (TPSA) is 38.8 Å². The van der Waals surface area contributed by atoms with E-state index in [9.17, 15) is 4.79 Å². The summed E-state index contributed by atoms with van der Waals surface area (Å²) in [5, 5.41) is 0. The first kappa shape index (κ1) is 11.5. The molecule has 82 valence electrons. The zero-order valence-corrected chi connectivity index (χ0v) is 8.99. The molecule has 0 radical (unpaired) electrons. The van der Waals surface area contributed by atoms with E-state index in [1.807, 2.05) is 14.0 Å². The Labute approximate surface area is 85.2 Å². The van der Waals surface area contributed by atoms with Crippen molar-refractivity contribution in [1.82, 2.24) is 4.90 Å². The van der Waals surface area contributed by atoms with Gasteiger partial charge in [0.15, 0.2) is 0 Å². The highest BCUT2D eigenvalue weighted by atomic mass is 16.5. The zero-order chi connectivity index (χ0) is 10.4. The molecule has 0 amide bonds. The third-order valence-electron chi connectivity index (χ3n) is 2.50. The molecule has 4 nitrogen and oxygen atoms in total. The van der Waals surface area contributed by atoms with E-state index >= 15 is 0 Å². The average Bonchev–Trinajstić information content (AvgIpc) is 2.67. The van der Waals surface area contributed by atoms with E-state index in [1.54, 1.807) is 0 Å². The molecule has 0 aromatic heterocycles. The molecule has 0 spiro atoms. The Kier molecular flexibility index (Phi) is 4.90. The fourth-order valence-electron chi connectivity index (χ4n) is 1.55. The highest BCUT2D eigenvalue weighted by Gasteiger charge is 2.20. The molecule has 1 rings (SSSR count). The molecule has 1 fully saturated rings. The van der Waals surface area contributed by atoms with Gasteiger partial charge in [-0.2, -0.15) is 0 Å². The number of nitrogens with zero attached hydrogens (tertiary/aromatic N) is 1. The molecule has 0 aromatic carbocycles. The lowest BCUT2D eigenvalue weighted by Gasteiger charge is -2.21. The van der Waals surface area contributed by atoms with Gasteiger partial charge in [0.25, 0.3) is 0 Å². The van der Waals surface area contributed by atoms with Crippen molar-refractivity contribution < 1.29 is 14.3 Å². The molecule has 0 aromatic rings. The average molecular weight is 201 g/mol. The summed E-state index contributed by atoms with van der Waals surface area (Å²) in [4.78, 5) is 13.3.